The van der Waals surface area contributed by atoms with Crippen LogP contribution < -0.4 is 5.56 Å². The molecule has 0 aromatic carbocycles. The summed E-state index contributed by atoms with van der Waals surface area (Å²) in [4.78, 5) is 18.5. The number of hydrogen-bond acceptors (Lipinski definition) is 4. The Hall–Kier alpha value is -1.43. The summed E-state index contributed by atoms with van der Waals surface area (Å²) in [5.41, 5.74) is 1.14. The molecule has 21 heavy (non-hydrogen) atoms. The van der Waals surface area contributed by atoms with E-state index in [9.17, 15) is 9.90 Å². The molecule has 0 amide bonds. The Balaban J connectivity index is 1.77. The first kappa shape index (κ1) is 14.5. The molecule has 5 nitrogen and oxygen atoms in total. The van der Waals surface area contributed by atoms with Crippen molar-refractivity contribution in [2.45, 2.75) is 25.5 Å². The molecule has 1 fully saturated rings. The Morgan fingerprint density at radius 3 is 3.00 bits per heavy atom. The van der Waals surface area contributed by atoms with Crippen LogP contribution in [0.3, 0.4) is 0 Å². The molecule has 3 rings (SSSR count). The van der Waals surface area contributed by atoms with E-state index < -0.39 is 0 Å². The smallest absolute Gasteiger partial charge is 0.258 e. The number of rotatable bonds is 5. The van der Waals surface area contributed by atoms with Crippen LogP contribution in [0, 0.1) is 5.92 Å². The third kappa shape index (κ3) is 3.43. The van der Waals surface area contributed by atoms with Gasteiger partial charge in [0.15, 0.2) is 0 Å². The maximum Gasteiger partial charge on any atom is 0.258 e. The summed E-state index contributed by atoms with van der Waals surface area (Å²) in [6.45, 7) is 1.14. The Bertz CT molecular complexity index is 712. The molecule has 0 bridgehead atoms. The summed E-state index contributed by atoms with van der Waals surface area (Å²) in [6.07, 6.45) is 3.52. The highest BCUT2D eigenvalue weighted by molar-refractivity contribution is 6.30. The minimum atomic E-state index is -0.282. The molecule has 1 aliphatic rings. The fraction of sp³-hybridized carbons (Fsp3) is 0.467. The van der Waals surface area contributed by atoms with E-state index in [0.717, 1.165) is 12.8 Å². The Morgan fingerprint density at radius 1 is 1.52 bits per heavy atom. The molecule has 1 atom stereocenters. The lowest BCUT2D eigenvalue weighted by Crippen LogP contribution is -2.31. The maximum atomic E-state index is 12.1. The largest absolute Gasteiger partial charge is 0.392 e. The number of hydrogen-bond donors (Lipinski definition) is 1. The Morgan fingerprint density at radius 2 is 2.29 bits per heavy atom. The quantitative estimate of drug-likeness (QED) is 0.910. The van der Waals surface area contributed by atoms with Crippen molar-refractivity contribution in [3.8, 4) is 0 Å². The minimum Gasteiger partial charge on any atom is -0.392 e. The van der Waals surface area contributed by atoms with Crippen molar-refractivity contribution in [3.63, 3.8) is 0 Å². The predicted octanol–water partition coefficient (Wildman–Crippen LogP) is 1.55. The molecule has 1 aliphatic carbocycles. The lowest BCUT2D eigenvalue weighted by molar-refractivity contribution is 0.104. The molecule has 2 aromatic heterocycles. The summed E-state index contributed by atoms with van der Waals surface area (Å²) < 4.78 is 1.44. The fourth-order valence-corrected chi connectivity index (χ4v) is 2.66. The van der Waals surface area contributed by atoms with Crippen molar-refractivity contribution in [1.82, 2.24) is 14.3 Å². The first-order valence-corrected chi connectivity index (χ1v) is 7.45. The highest BCUT2D eigenvalue weighted by atomic mass is 35.5. The van der Waals surface area contributed by atoms with E-state index in [-0.39, 0.29) is 11.7 Å². The van der Waals surface area contributed by atoms with Crippen LogP contribution >= 0.6 is 11.6 Å². The molecule has 1 saturated carbocycles. The summed E-state index contributed by atoms with van der Waals surface area (Å²) in [6, 6.07) is 4.96. The van der Waals surface area contributed by atoms with Crippen LogP contribution in [0.2, 0.25) is 5.02 Å². The SMILES string of the molecule is CN(Cc1cc(=O)n2cc(Cl)ccc2n1)CC(O)C1CC1. The lowest BCUT2D eigenvalue weighted by Gasteiger charge is -2.20. The molecular weight excluding hydrogens is 290 g/mol. The van der Waals surface area contributed by atoms with Crippen LogP contribution in [-0.2, 0) is 6.54 Å². The zero-order chi connectivity index (χ0) is 15.0. The number of aliphatic hydroxyl groups excluding tert-OH is 1. The highest BCUT2D eigenvalue weighted by Crippen LogP contribution is 2.32. The van der Waals surface area contributed by atoms with E-state index in [2.05, 4.69) is 4.98 Å². The third-order valence-electron chi connectivity index (χ3n) is 3.77. The summed E-state index contributed by atoms with van der Waals surface area (Å²) >= 11 is 5.88. The molecule has 2 heterocycles. The Labute approximate surface area is 127 Å². The van der Waals surface area contributed by atoms with Crippen LogP contribution in [-0.4, -0.2) is 39.1 Å². The van der Waals surface area contributed by atoms with Crippen molar-refractivity contribution in [3.05, 3.63) is 45.5 Å². The normalized spacial score (nSPS) is 16.6. The monoisotopic (exact) mass is 307 g/mol. The van der Waals surface area contributed by atoms with Crippen LogP contribution in [0.4, 0.5) is 0 Å². The van der Waals surface area contributed by atoms with Gasteiger partial charge < -0.3 is 5.11 Å². The maximum absolute atomic E-state index is 12.1. The van der Waals surface area contributed by atoms with E-state index in [1.165, 1.54) is 10.5 Å². The second-order valence-corrected chi connectivity index (χ2v) is 6.20. The number of nitrogens with zero attached hydrogens (tertiary/aromatic N) is 3. The van der Waals surface area contributed by atoms with E-state index in [4.69, 9.17) is 11.6 Å². The number of fused-ring (bicyclic) bond motifs is 1. The topological polar surface area (TPSA) is 57.8 Å². The van der Waals surface area contributed by atoms with Gasteiger partial charge in [-0.15, -0.1) is 0 Å². The standard InChI is InChI=1S/C15H18ClN3O2/c1-18(9-13(20)10-2-3-10)8-12-6-15(21)19-7-11(16)4-5-14(19)17-12/h4-7,10,13,20H,2-3,8-9H2,1H3. The van der Waals surface area contributed by atoms with E-state index in [1.807, 2.05) is 11.9 Å². The second kappa shape index (κ2) is 5.75. The van der Waals surface area contributed by atoms with Crippen LogP contribution in [0.5, 0.6) is 0 Å². The van der Waals surface area contributed by atoms with Gasteiger partial charge in [0, 0.05) is 25.4 Å². The molecule has 6 heteroatoms. The molecule has 2 aromatic rings. The highest BCUT2D eigenvalue weighted by Gasteiger charge is 2.30. The van der Waals surface area contributed by atoms with Gasteiger partial charge in [-0.05, 0) is 37.9 Å². The second-order valence-electron chi connectivity index (χ2n) is 5.76. The Kier molecular flexibility index (Phi) is 3.97. The molecule has 0 aliphatic heterocycles. The van der Waals surface area contributed by atoms with Crippen molar-refractivity contribution in [2.75, 3.05) is 13.6 Å². The zero-order valence-corrected chi connectivity index (χ0v) is 12.6. The first-order valence-electron chi connectivity index (χ1n) is 7.07. The number of likely N-dealkylation sites (N-methyl/N-ethyl adjacent to an activating group) is 1. The zero-order valence-electron chi connectivity index (χ0n) is 11.9. The number of aliphatic hydroxyl groups is 1. The van der Waals surface area contributed by atoms with Gasteiger partial charge in [-0.2, -0.15) is 0 Å². The average molecular weight is 308 g/mol. The molecule has 0 radical (unpaired) electrons. The molecule has 112 valence electrons. The predicted molar refractivity (Wildman–Crippen MR) is 81.5 cm³/mol. The molecular formula is C15H18ClN3O2. The third-order valence-corrected chi connectivity index (χ3v) is 4.00. The number of halogens is 1. The van der Waals surface area contributed by atoms with Gasteiger partial charge in [0.05, 0.1) is 16.8 Å². The van der Waals surface area contributed by atoms with Gasteiger partial charge in [0.25, 0.3) is 5.56 Å². The summed E-state index contributed by atoms with van der Waals surface area (Å²) in [5, 5.41) is 10.5. The van der Waals surface area contributed by atoms with Crippen molar-refractivity contribution in [2.24, 2.45) is 5.92 Å². The average Bonchev–Trinajstić information content (AvgIpc) is 3.24. The molecule has 1 N–H and O–H groups in total. The minimum absolute atomic E-state index is 0.145. The van der Waals surface area contributed by atoms with Crippen molar-refractivity contribution >= 4 is 17.2 Å². The number of pyridine rings is 1. The van der Waals surface area contributed by atoms with Gasteiger partial charge in [0.2, 0.25) is 0 Å². The van der Waals surface area contributed by atoms with E-state index in [0.29, 0.717) is 35.4 Å². The number of aromatic nitrogens is 2. The lowest BCUT2D eigenvalue weighted by atomic mass is 10.2. The fourth-order valence-electron chi connectivity index (χ4n) is 2.50. The van der Waals surface area contributed by atoms with Gasteiger partial charge in [-0.3, -0.25) is 14.1 Å². The van der Waals surface area contributed by atoms with Crippen LogP contribution in [0.15, 0.2) is 29.2 Å². The molecule has 1 unspecified atom stereocenters. The summed E-state index contributed by atoms with van der Waals surface area (Å²) in [7, 11) is 1.93. The molecule has 0 spiro atoms. The van der Waals surface area contributed by atoms with Crippen LogP contribution in [0.1, 0.15) is 18.5 Å². The van der Waals surface area contributed by atoms with Gasteiger partial charge in [-0.1, -0.05) is 11.6 Å². The molecule has 0 saturated heterocycles. The van der Waals surface area contributed by atoms with E-state index >= 15 is 0 Å². The van der Waals surface area contributed by atoms with Crippen molar-refractivity contribution < 1.29 is 5.11 Å². The first-order chi connectivity index (χ1) is 10.0. The van der Waals surface area contributed by atoms with Crippen LogP contribution in [0.25, 0.3) is 5.65 Å². The van der Waals surface area contributed by atoms with Gasteiger partial charge in [-0.25, -0.2) is 4.98 Å². The van der Waals surface area contributed by atoms with E-state index in [1.54, 1.807) is 18.3 Å². The van der Waals surface area contributed by atoms with Gasteiger partial charge >= 0.3 is 0 Å². The van der Waals surface area contributed by atoms with Gasteiger partial charge in [0.1, 0.15) is 5.65 Å². The summed E-state index contributed by atoms with van der Waals surface area (Å²) in [5.74, 6) is 0.449. The van der Waals surface area contributed by atoms with Crippen molar-refractivity contribution in [1.29, 1.82) is 0 Å².